The van der Waals surface area contributed by atoms with Gasteiger partial charge < -0.3 is 5.32 Å². The molecule has 0 aliphatic rings. The summed E-state index contributed by atoms with van der Waals surface area (Å²) in [4.78, 5) is 0. The molecular weight excluding hydrogens is 206 g/mol. The molecule has 0 aromatic carbocycles. The van der Waals surface area contributed by atoms with E-state index in [0.717, 1.165) is 25.3 Å². The van der Waals surface area contributed by atoms with Crippen molar-refractivity contribution in [1.29, 1.82) is 0 Å². The first kappa shape index (κ1) is 12.6. The van der Waals surface area contributed by atoms with E-state index in [1.165, 1.54) is 5.56 Å². The van der Waals surface area contributed by atoms with E-state index in [0.29, 0.717) is 6.04 Å². The Morgan fingerprint density at radius 3 is 2.87 bits per heavy atom. The first-order valence-electron chi connectivity index (χ1n) is 5.53. The molecule has 1 aromatic heterocycles. The van der Waals surface area contributed by atoms with Crippen LogP contribution >= 0.6 is 11.8 Å². The molecule has 0 fully saturated rings. The maximum atomic E-state index is 4.29. The molecule has 15 heavy (non-hydrogen) atoms. The van der Waals surface area contributed by atoms with Crippen molar-refractivity contribution in [2.75, 3.05) is 18.6 Å². The fourth-order valence-corrected chi connectivity index (χ4v) is 2.29. The summed E-state index contributed by atoms with van der Waals surface area (Å²) in [6.45, 7) is 6.25. The van der Waals surface area contributed by atoms with E-state index in [-0.39, 0.29) is 0 Å². The van der Waals surface area contributed by atoms with Crippen LogP contribution in [0.1, 0.15) is 19.4 Å². The van der Waals surface area contributed by atoms with E-state index in [1.807, 2.05) is 22.6 Å². The van der Waals surface area contributed by atoms with Gasteiger partial charge in [-0.2, -0.15) is 16.9 Å². The number of thioether (sulfide) groups is 1. The predicted molar refractivity (Wildman–Crippen MR) is 67.5 cm³/mol. The fourth-order valence-electron chi connectivity index (χ4n) is 1.65. The molecule has 1 unspecified atom stereocenters. The molecule has 1 aromatic rings. The summed E-state index contributed by atoms with van der Waals surface area (Å²) in [7, 11) is 0. The molecule has 0 bridgehead atoms. The van der Waals surface area contributed by atoms with E-state index in [4.69, 9.17) is 0 Å². The van der Waals surface area contributed by atoms with Crippen LogP contribution in [0, 0.1) is 0 Å². The Balaban J connectivity index is 2.48. The third-order valence-corrected chi connectivity index (χ3v) is 3.09. The molecule has 0 amide bonds. The lowest BCUT2D eigenvalue weighted by molar-refractivity contribution is 0.572. The first-order valence-corrected chi connectivity index (χ1v) is 6.93. The summed E-state index contributed by atoms with van der Waals surface area (Å²) in [5.74, 6) is 1.16. The van der Waals surface area contributed by atoms with E-state index < -0.39 is 0 Å². The number of rotatable bonds is 7. The average molecular weight is 227 g/mol. The minimum atomic E-state index is 0.569. The highest BCUT2D eigenvalue weighted by Gasteiger charge is 2.08. The van der Waals surface area contributed by atoms with E-state index in [2.05, 4.69) is 36.7 Å². The molecule has 1 N–H and O–H groups in total. The second kappa shape index (κ2) is 6.90. The van der Waals surface area contributed by atoms with Gasteiger partial charge in [0.2, 0.25) is 0 Å². The van der Waals surface area contributed by atoms with Crippen molar-refractivity contribution in [3.63, 3.8) is 0 Å². The molecule has 3 nitrogen and oxygen atoms in total. The highest BCUT2D eigenvalue weighted by molar-refractivity contribution is 7.98. The summed E-state index contributed by atoms with van der Waals surface area (Å²) in [5.41, 5.74) is 1.33. The molecule has 0 aliphatic heterocycles. The fraction of sp³-hybridized carbons (Fsp3) is 0.727. The van der Waals surface area contributed by atoms with Gasteiger partial charge in [-0.05, 0) is 31.7 Å². The lowest BCUT2D eigenvalue weighted by Crippen LogP contribution is -2.33. The molecule has 0 aliphatic carbocycles. The number of nitrogens with zero attached hydrogens (tertiary/aromatic N) is 2. The SMILES string of the molecule is CCNC(CSC)Cc1cnn(CC)c1. The van der Waals surface area contributed by atoms with Crippen molar-refractivity contribution in [3.05, 3.63) is 18.0 Å². The van der Waals surface area contributed by atoms with Crippen LogP contribution in [0.5, 0.6) is 0 Å². The van der Waals surface area contributed by atoms with Crippen LogP contribution in [0.25, 0.3) is 0 Å². The standard InChI is InChI=1S/C11H21N3S/c1-4-12-11(9-15-3)6-10-7-13-14(5-2)8-10/h7-8,11-12H,4-6,9H2,1-3H3. The summed E-state index contributed by atoms with van der Waals surface area (Å²) >= 11 is 1.89. The van der Waals surface area contributed by atoms with Crippen molar-refractivity contribution < 1.29 is 0 Å². The van der Waals surface area contributed by atoms with Crippen LogP contribution in [-0.4, -0.2) is 34.4 Å². The zero-order chi connectivity index (χ0) is 11.1. The van der Waals surface area contributed by atoms with E-state index in [1.54, 1.807) is 0 Å². The number of nitrogens with one attached hydrogen (secondary N) is 1. The molecule has 1 heterocycles. The molecule has 0 spiro atoms. The van der Waals surface area contributed by atoms with Gasteiger partial charge in [0.15, 0.2) is 0 Å². The lowest BCUT2D eigenvalue weighted by atomic mass is 10.1. The van der Waals surface area contributed by atoms with Crippen molar-refractivity contribution in [2.45, 2.75) is 32.9 Å². The van der Waals surface area contributed by atoms with Gasteiger partial charge >= 0.3 is 0 Å². The second-order valence-electron chi connectivity index (χ2n) is 3.62. The van der Waals surface area contributed by atoms with Crippen LogP contribution in [-0.2, 0) is 13.0 Å². The molecule has 0 saturated carbocycles. The van der Waals surface area contributed by atoms with Crippen LogP contribution < -0.4 is 5.32 Å². The molecule has 1 atom stereocenters. The van der Waals surface area contributed by atoms with Crippen molar-refractivity contribution in [3.8, 4) is 0 Å². The Kier molecular flexibility index (Phi) is 5.79. The Morgan fingerprint density at radius 2 is 2.33 bits per heavy atom. The van der Waals surface area contributed by atoms with Gasteiger partial charge in [0.05, 0.1) is 6.20 Å². The average Bonchev–Trinajstić information content (AvgIpc) is 2.66. The Morgan fingerprint density at radius 1 is 1.53 bits per heavy atom. The van der Waals surface area contributed by atoms with Gasteiger partial charge in [-0.1, -0.05) is 6.92 Å². The Hall–Kier alpha value is -0.480. The largest absolute Gasteiger partial charge is 0.313 e. The first-order chi connectivity index (χ1) is 7.30. The number of aromatic nitrogens is 2. The Labute approximate surface area is 96.6 Å². The van der Waals surface area contributed by atoms with Crippen LogP contribution in [0.4, 0.5) is 0 Å². The summed E-state index contributed by atoms with van der Waals surface area (Å²) in [5, 5.41) is 7.79. The van der Waals surface area contributed by atoms with E-state index in [9.17, 15) is 0 Å². The minimum absolute atomic E-state index is 0.569. The molecule has 0 saturated heterocycles. The van der Waals surface area contributed by atoms with Gasteiger partial charge in [-0.3, -0.25) is 4.68 Å². The number of likely N-dealkylation sites (N-methyl/N-ethyl adjacent to an activating group) is 1. The maximum absolute atomic E-state index is 4.29. The smallest absolute Gasteiger partial charge is 0.0522 e. The van der Waals surface area contributed by atoms with Gasteiger partial charge in [-0.25, -0.2) is 0 Å². The quantitative estimate of drug-likeness (QED) is 0.770. The molecule has 0 radical (unpaired) electrons. The third kappa shape index (κ3) is 4.26. The van der Waals surface area contributed by atoms with Gasteiger partial charge in [0.25, 0.3) is 0 Å². The van der Waals surface area contributed by atoms with Crippen LogP contribution in [0.3, 0.4) is 0 Å². The number of hydrogen-bond acceptors (Lipinski definition) is 3. The normalized spacial score (nSPS) is 13.0. The third-order valence-electron chi connectivity index (χ3n) is 2.35. The van der Waals surface area contributed by atoms with Gasteiger partial charge in [-0.15, -0.1) is 0 Å². The predicted octanol–water partition coefficient (Wildman–Crippen LogP) is 1.79. The van der Waals surface area contributed by atoms with Crippen molar-refractivity contribution in [2.24, 2.45) is 0 Å². The zero-order valence-corrected chi connectivity index (χ0v) is 10.7. The minimum Gasteiger partial charge on any atom is -0.313 e. The molecule has 1 rings (SSSR count). The maximum Gasteiger partial charge on any atom is 0.0522 e. The topological polar surface area (TPSA) is 29.9 Å². The highest BCUT2D eigenvalue weighted by Crippen LogP contribution is 2.06. The Bertz CT molecular complexity index is 267. The lowest BCUT2D eigenvalue weighted by Gasteiger charge is -2.15. The second-order valence-corrected chi connectivity index (χ2v) is 4.53. The molecule has 86 valence electrons. The van der Waals surface area contributed by atoms with Crippen molar-refractivity contribution >= 4 is 11.8 Å². The number of hydrogen-bond donors (Lipinski definition) is 1. The molecular formula is C11H21N3S. The summed E-state index contributed by atoms with van der Waals surface area (Å²) in [6, 6.07) is 0.569. The highest BCUT2D eigenvalue weighted by atomic mass is 32.2. The number of aryl methyl sites for hydroxylation is 1. The van der Waals surface area contributed by atoms with Gasteiger partial charge in [0.1, 0.15) is 0 Å². The molecule has 4 heteroatoms. The van der Waals surface area contributed by atoms with Crippen LogP contribution in [0.2, 0.25) is 0 Å². The van der Waals surface area contributed by atoms with E-state index >= 15 is 0 Å². The van der Waals surface area contributed by atoms with Crippen molar-refractivity contribution in [1.82, 2.24) is 15.1 Å². The summed E-state index contributed by atoms with van der Waals surface area (Å²) < 4.78 is 1.98. The van der Waals surface area contributed by atoms with Gasteiger partial charge in [0, 0.05) is 24.5 Å². The zero-order valence-electron chi connectivity index (χ0n) is 9.86. The van der Waals surface area contributed by atoms with Crippen LogP contribution in [0.15, 0.2) is 12.4 Å². The summed E-state index contributed by atoms with van der Waals surface area (Å²) in [6.07, 6.45) is 7.35. The monoisotopic (exact) mass is 227 g/mol.